The van der Waals surface area contributed by atoms with Crippen LogP contribution in [0.3, 0.4) is 0 Å². The number of carbonyl (C=O) groups is 1. The minimum absolute atomic E-state index is 0.0180. The van der Waals surface area contributed by atoms with E-state index in [-0.39, 0.29) is 10.9 Å². The van der Waals surface area contributed by atoms with Gasteiger partial charge in [-0.3, -0.25) is 9.69 Å². The zero-order valence-electron chi connectivity index (χ0n) is 11.0. The summed E-state index contributed by atoms with van der Waals surface area (Å²) in [5, 5.41) is 2.76. The van der Waals surface area contributed by atoms with E-state index in [4.69, 9.17) is 11.6 Å². The summed E-state index contributed by atoms with van der Waals surface area (Å²) in [5.41, 5.74) is 0.529. The average molecular weight is 285 g/mol. The second-order valence-corrected chi connectivity index (χ2v) is 5.57. The molecule has 0 unspecified atom stereocenters. The summed E-state index contributed by atoms with van der Waals surface area (Å²) in [6, 6.07) is 4.19. The first-order valence-electron chi connectivity index (χ1n) is 6.52. The van der Waals surface area contributed by atoms with Gasteiger partial charge in [-0.25, -0.2) is 4.39 Å². The second kappa shape index (κ2) is 6.35. The molecule has 0 radical (unpaired) electrons. The molecule has 1 fully saturated rings. The summed E-state index contributed by atoms with van der Waals surface area (Å²) in [6.45, 7) is 4.49. The summed E-state index contributed by atoms with van der Waals surface area (Å²) in [5.74, 6) is 0.0723. The molecule has 1 N–H and O–H groups in total. The van der Waals surface area contributed by atoms with Crippen LogP contribution in [-0.4, -0.2) is 30.4 Å². The number of hydrogen-bond donors (Lipinski definition) is 1. The number of nitrogens with zero attached hydrogens (tertiary/aromatic N) is 1. The predicted octanol–water partition coefficient (Wildman–Crippen LogP) is 3.15. The van der Waals surface area contributed by atoms with Crippen LogP contribution in [0.15, 0.2) is 18.2 Å². The van der Waals surface area contributed by atoms with Gasteiger partial charge >= 0.3 is 0 Å². The quantitative estimate of drug-likeness (QED) is 0.925. The van der Waals surface area contributed by atoms with E-state index < -0.39 is 5.82 Å². The van der Waals surface area contributed by atoms with Crippen molar-refractivity contribution < 1.29 is 9.18 Å². The van der Waals surface area contributed by atoms with Crippen LogP contribution in [-0.2, 0) is 4.79 Å². The SMILES string of the molecule is C[C@H]1CCCN(CC(=O)Nc2ccc(F)c(Cl)c2)C1. The Morgan fingerprint density at radius 1 is 1.58 bits per heavy atom. The molecular weight excluding hydrogens is 267 g/mol. The Balaban J connectivity index is 1.88. The van der Waals surface area contributed by atoms with Gasteiger partial charge in [0.1, 0.15) is 5.82 Å². The Kier molecular flexibility index (Phi) is 4.77. The van der Waals surface area contributed by atoms with Crippen molar-refractivity contribution in [2.45, 2.75) is 19.8 Å². The second-order valence-electron chi connectivity index (χ2n) is 5.16. The summed E-state index contributed by atoms with van der Waals surface area (Å²) in [7, 11) is 0. The third-order valence-corrected chi connectivity index (χ3v) is 3.60. The molecule has 3 nitrogen and oxygen atoms in total. The fourth-order valence-electron chi connectivity index (χ4n) is 2.41. The number of anilines is 1. The lowest BCUT2D eigenvalue weighted by Gasteiger charge is -2.30. The fraction of sp³-hybridized carbons (Fsp3) is 0.500. The smallest absolute Gasteiger partial charge is 0.238 e. The number of carbonyl (C=O) groups excluding carboxylic acids is 1. The first kappa shape index (κ1) is 14.3. The Bertz CT molecular complexity index is 467. The van der Waals surface area contributed by atoms with Crippen LogP contribution in [0.4, 0.5) is 10.1 Å². The van der Waals surface area contributed by atoms with E-state index >= 15 is 0 Å². The molecule has 0 spiro atoms. The number of hydrogen-bond acceptors (Lipinski definition) is 2. The van der Waals surface area contributed by atoms with Crippen molar-refractivity contribution in [1.29, 1.82) is 0 Å². The van der Waals surface area contributed by atoms with E-state index in [0.29, 0.717) is 18.2 Å². The van der Waals surface area contributed by atoms with Gasteiger partial charge in [0.05, 0.1) is 11.6 Å². The first-order chi connectivity index (χ1) is 9.04. The molecule has 1 atom stereocenters. The van der Waals surface area contributed by atoms with Crippen LogP contribution in [0.5, 0.6) is 0 Å². The van der Waals surface area contributed by atoms with Crippen molar-refractivity contribution in [2.75, 3.05) is 25.0 Å². The molecule has 1 heterocycles. The fourth-order valence-corrected chi connectivity index (χ4v) is 2.59. The van der Waals surface area contributed by atoms with Crippen molar-refractivity contribution in [3.05, 3.63) is 29.0 Å². The normalized spacial score (nSPS) is 20.3. The highest BCUT2D eigenvalue weighted by Crippen LogP contribution is 2.19. The van der Waals surface area contributed by atoms with Gasteiger partial charge in [0.15, 0.2) is 0 Å². The zero-order chi connectivity index (χ0) is 13.8. The van der Waals surface area contributed by atoms with Crippen molar-refractivity contribution >= 4 is 23.2 Å². The highest BCUT2D eigenvalue weighted by molar-refractivity contribution is 6.31. The molecule has 0 saturated carbocycles. The lowest BCUT2D eigenvalue weighted by molar-refractivity contribution is -0.117. The molecule has 1 aliphatic rings. The summed E-state index contributed by atoms with van der Waals surface area (Å²) in [6.07, 6.45) is 2.36. The predicted molar refractivity (Wildman–Crippen MR) is 74.9 cm³/mol. The minimum atomic E-state index is -0.482. The number of piperidine rings is 1. The third-order valence-electron chi connectivity index (χ3n) is 3.31. The largest absolute Gasteiger partial charge is 0.325 e. The number of halogens is 2. The van der Waals surface area contributed by atoms with E-state index in [1.54, 1.807) is 0 Å². The number of amides is 1. The molecule has 1 aromatic rings. The lowest BCUT2D eigenvalue weighted by atomic mass is 10.0. The Morgan fingerprint density at radius 3 is 3.05 bits per heavy atom. The molecule has 104 valence electrons. The van der Waals surface area contributed by atoms with Gasteiger partial charge in [0.25, 0.3) is 0 Å². The highest BCUT2D eigenvalue weighted by Gasteiger charge is 2.18. The van der Waals surface area contributed by atoms with Gasteiger partial charge in [-0.05, 0) is 43.5 Å². The molecule has 1 saturated heterocycles. The Hall–Kier alpha value is -1.13. The van der Waals surface area contributed by atoms with Gasteiger partial charge in [0, 0.05) is 12.2 Å². The topological polar surface area (TPSA) is 32.3 Å². The third kappa shape index (κ3) is 4.18. The maximum Gasteiger partial charge on any atom is 0.238 e. The van der Waals surface area contributed by atoms with Crippen LogP contribution in [0.25, 0.3) is 0 Å². The van der Waals surface area contributed by atoms with Crippen LogP contribution in [0.1, 0.15) is 19.8 Å². The van der Waals surface area contributed by atoms with E-state index in [1.165, 1.54) is 24.6 Å². The summed E-state index contributed by atoms with van der Waals surface area (Å²) in [4.78, 5) is 14.0. The molecular formula is C14H18ClFN2O. The van der Waals surface area contributed by atoms with E-state index in [0.717, 1.165) is 19.5 Å². The maximum absolute atomic E-state index is 13.0. The van der Waals surface area contributed by atoms with Gasteiger partial charge < -0.3 is 5.32 Å². The number of rotatable bonds is 3. The highest BCUT2D eigenvalue weighted by atomic mass is 35.5. The molecule has 1 aliphatic heterocycles. The van der Waals surface area contributed by atoms with Gasteiger partial charge in [-0.2, -0.15) is 0 Å². The van der Waals surface area contributed by atoms with Crippen molar-refractivity contribution in [3.63, 3.8) is 0 Å². The average Bonchev–Trinajstić information content (AvgIpc) is 2.34. The molecule has 5 heteroatoms. The maximum atomic E-state index is 13.0. The summed E-state index contributed by atoms with van der Waals surface area (Å²) >= 11 is 5.67. The Labute approximate surface area is 117 Å². The number of likely N-dealkylation sites (tertiary alicyclic amines) is 1. The van der Waals surface area contributed by atoms with E-state index in [2.05, 4.69) is 17.1 Å². The van der Waals surface area contributed by atoms with Crippen LogP contribution in [0.2, 0.25) is 5.02 Å². The molecule has 0 bridgehead atoms. The van der Waals surface area contributed by atoms with Crippen molar-refractivity contribution in [1.82, 2.24) is 4.90 Å². The molecule has 1 amide bonds. The minimum Gasteiger partial charge on any atom is -0.325 e. The van der Waals surface area contributed by atoms with Gasteiger partial charge in [-0.1, -0.05) is 18.5 Å². The van der Waals surface area contributed by atoms with Crippen LogP contribution in [0, 0.1) is 11.7 Å². The van der Waals surface area contributed by atoms with E-state index in [9.17, 15) is 9.18 Å². The molecule has 2 rings (SSSR count). The summed E-state index contributed by atoms with van der Waals surface area (Å²) < 4.78 is 13.0. The molecule has 19 heavy (non-hydrogen) atoms. The van der Waals surface area contributed by atoms with Crippen LogP contribution >= 0.6 is 11.6 Å². The number of benzene rings is 1. The van der Waals surface area contributed by atoms with E-state index in [1.807, 2.05) is 0 Å². The number of nitrogens with one attached hydrogen (secondary N) is 1. The Morgan fingerprint density at radius 2 is 2.37 bits per heavy atom. The van der Waals surface area contributed by atoms with Gasteiger partial charge in [-0.15, -0.1) is 0 Å². The van der Waals surface area contributed by atoms with Crippen molar-refractivity contribution in [2.24, 2.45) is 5.92 Å². The van der Waals surface area contributed by atoms with Crippen molar-refractivity contribution in [3.8, 4) is 0 Å². The zero-order valence-corrected chi connectivity index (χ0v) is 11.7. The monoisotopic (exact) mass is 284 g/mol. The molecule has 0 aliphatic carbocycles. The first-order valence-corrected chi connectivity index (χ1v) is 6.89. The molecule has 0 aromatic heterocycles. The van der Waals surface area contributed by atoms with Crippen LogP contribution < -0.4 is 5.32 Å². The van der Waals surface area contributed by atoms with Gasteiger partial charge in [0.2, 0.25) is 5.91 Å². The standard InChI is InChI=1S/C14H18ClFN2O/c1-10-3-2-6-18(8-10)9-14(19)17-11-4-5-13(16)12(15)7-11/h4-5,7,10H,2-3,6,8-9H2,1H3,(H,17,19)/t10-/m0/s1. The molecule has 1 aromatic carbocycles. The lowest BCUT2D eigenvalue weighted by Crippen LogP contribution is -2.39.